The molecule has 1 aliphatic rings. The summed E-state index contributed by atoms with van der Waals surface area (Å²) in [6.07, 6.45) is 2.28. The van der Waals surface area contributed by atoms with Crippen molar-refractivity contribution in [3.05, 3.63) is 76.6 Å². The summed E-state index contributed by atoms with van der Waals surface area (Å²) in [6, 6.07) is 12.9. The third-order valence-electron chi connectivity index (χ3n) is 5.87. The molecule has 0 unspecified atom stereocenters. The number of nitrogens with two attached hydrogens (primary N) is 1. The number of ether oxygens (including phenoxy) is 1. The molecule has 0 bridgehead atoms. The van der Waals surface area contributed by atoms with Crippen LogP contribution in [-0.2, 0) is 11.2 Å². The number of aromatic nitrogens is 2. The summed E-state index contributed by atoms with van der Waals surface area (Å²) >= 11 is 0. The second kappa shape index (κ2) is 9.79. The summed E-state index contributed by atoms with van der Waals surface area (Å²) in [5.74, 6) is -0.105. The molecule has 0 atom stereocenters. The van der Waals surface area contributed by atoms with Crippen molar-refractivity contribution in [1.29, 1.82) is 0 Å². The number of methoxy groups -OCH3 is 1. The number of amides is 1. The molecule has 2 aromatic heterocycles. The number of hydrogen-bond donors (Lipinski definition) is 2. The molecule has 0 radical (unpaired) electrons. The van der Waals surface area contributed by atoms with Gasteiger partial charge in [0.1, 0.15) is 5.82 Å². The maximum absolute atomic E-state index is 12.0. The van der Waals surface area contributed by atoms with Crippen LogP contribution in [0.3, 0.4) is 0 Å². The Labute approximate surface area is 192 Å². The minimum Gasteiger partial charge on any atom is -0.465 e. The van der Waals surface area contributed by atoms with E-state index in [9.17, 15) is 9.59 Å². The molecular formula is C25H27N5O3. The number of carbonyl (C=O) groups excluding carboxylic acids is 2. The molecule has 0 aliphatic carbocycles. The molecule has 1 aliphatic heterocycles. The predicted octanol–water partition coefficient (Wildman–Crippen LogP) is 2.34. The number of nitrogens with zero attached hydrogens (tertiary/aromatic N) is 3. The summed E-state index contributed by atoms with van der Waals surface area (Å²) in [7, 11) is 1.38. The van der Waals surface area contributed by atoms with Crippen LogP contribution in [0.1, 0.15) is 37.5 Å². The lowest BCUT2D eigenvalue weighted by molar-refractivity contribution is 0.0599. The van der Waals surface area contributed by atoms with Crippen molar-refractivity contribution >= 4 is 17.7 Å². The van der Waals surface area contributed by atoms with Gasteiger partial charge < -0.3 is 20.7 Å². The Kier molecular flexibility index (Phi) is 6.65. The van der Waals surface area contributed by atoms with Gasteiger partial charge in [-0.15, -0.1) is 0 Å². The molecule has 3 heterocycles. The number of benzene rings is 1. The van der Waals surface area contributed by atoms with Crippen LogP contribution in [0, 0.1) is 6.92 Å². The number of esters is 1. The molecule has 8 heteroatoms. The molecule has 1 fully saturated rings. The molecule has 3 aromatic rings. The topological polar surface area (TPSA) is 110 Å². The molecule has 3 N–H and O–H groups in total. The van der Waals surface area contributed by atoms with Crippen molar-refractivity contribution in [3.63, 3.8) is 0 Å². The van der Waals surface area contributed by atoms with Crippen LogP contribution < -0.4 is 16.0 Å². The number of hydrogen-bond acceptors (Lipinski definition) is 7. The molecule has 0 spiro atoms. The second-order valence-corrected chi connectivity index (χ2v) is 7.99. The first kappa shape index (κ1) is 22.4. The van der Waals surface area contributed by atoms with Crippen molar-refractivity contribution in [2.45, 2.75) is 13.3 Å². The van der Waals surface area contributed by atoms with Crippen LogP contribution in [0.4, 0.5) is 5.82 Å². The van der Waals surface area contributed by atoms with Gasteiger partial charge in [-0.3, -0.25) is 9.78 Å². The zero-order chi connectivity index (χ0) is 23.4. The summed E-state index contributed by atoms with van der Waals surface area (Å²) in [5, 5.41) is 3.32. The van der Waals surface area contributed by atoms with E-state index in [1.54, 1.807) is 24.4 Å². The highest BCUT2D eigenvalue weighted by atomic mass is 16.5. The highest BCUT2D eigenvalue weighted by Gasteiger charge is 2.17. The Morgan fingerprint density at radius 2 is 1.94 bits per heavy atom. The smallest absolute Gasteiger partial charge is 0.338 e. The van der Waals surface area contributed by atoms with Crippen LogP contribution in [0.25, 0.3) is 11.3 Å². The minimum atomic E-state index is -0.487. The zero-order valence-electron chi connectivity index (χ0n) is 18.8. The minimum absolute atomic E-state index is 0.357. The fraction of sp³-hybridized carbons (Fsp3) is 0.280. The average Bonchev–Trinajstić information content (AvgIpc) is 2.85. The highest BCUT2D eigenvalue weighted by molar-refractivity contribution is 5.94. The van der Waals surface area contributed by atoms with Crippen molar-refractivity contribution in [2.75, 3.05) is 38.2 Å². The Hall–Kier alpha value is -3.78. The van der Waals surface area contributed by atoms with Gasteiger partial charge in [-0.1, -0.05) is 12.1 Å². The Bertz CT molecular complexity index is 1190. The molecule has 1 amide bonds. The number of primary amides is 1. The quantitative estimate of drug-likeness (QED) is 0.560. The zero-order valence-corrected chi connectivity index (χ0v) is 18.8. The van der Waals surface area contributed by atoms with E-state index in [0.29, 0.717) is 23.2 Å². The lowest BCUT2D eigenvalue weighted by atomic mass is 9.98. The molecule has 8 nitrogen and oxygen atoms in total. The fourth-order valence-electron chi connectivity index (χ4n) is 4.00. The summed E-state index contributed by atoms with van der Waals surface area (Å²) in [5.41, 5.74) is 10.8. The van der Waals surface area contributed by atoms with Gasteiger partial charge in [0.25, 0.3) is 0 Å². The average molecular weight is 446 g/mol. The SMILES string of the molecule is COC(=O)c1cccc(Cc2cc(-c3cc(C(N)=O)cc(N4CCNCC4)n3)ccn2)c1C. The van der Waals surface area contributed by atoms with Gasteiger partial charge in [0.2, 0.25) is 5.91 Å². The number of pyridine rings is 2. The third-order valence-corrected chi connectivity index (χ3v) is 5.87. The number of piperazine rings is 1. The molecule has 0 saturated carbocycles. The molecule has 33 heavy (non-hydrogen) atoms. The van der Waals surface area contributed by atoms with Crippen LogP contribution >= 0.6 is 0 Å². The van der Waals surface area contributed by atoms with E-state index in [-0.39, 0.29) is 5.97 Å². The molecule has 1 saturated heterocycles. The van der Waals surface area contributed by atoms with Crippen LogP contribution in [0.15, 0.2) is 48.7 Å². The van der Waals surface area contributed by atoms with Crippen molar-refractivity contribution < 1.29 is 14.3 Å². The fourth-order valence-corrected chi connectivity index (χ4v) is 4.00. The van der Waals surface area contributed by atoms with Gasteiger partial charge in [0.05, 0.1) is 18.4 Å². The van der Waals surface area contributed by atoms with E-state index in [4.69, 9.17) is 15.5 Å². The highest BCUT2D eigenvalue weighted by Crippen LogP contribution is 2.25. The summed E-state index contributed by atoms with van der Waals surface area (Å²) in [4.78, 5) is 35.5. The van der Waals surface area contributed by atoms with Crippen LogP contribution in [-0.4, -0.2) is 55.1 Å². The third kappa shape index (κ3) is 5.01. The Morgan fingerprint density at radius 1 is 1.15 bits per heavy atom. The first-order chi connectivity index (χ1) is 16.0. The largest absolute Gasteiger partial charge is 0.465 e. The van der Waals surface area contributed by atoms with Gasteiger partial charge in [-0.2, -0.15) is 0 Å². The summed E-state index contributed by atoms with van der Waals surface area (Å²) < 4.78 is 4.88. The maximum atomic E-state index is 12.0. The van der Waals surface area contributed by atoms with Gasteiger partial charge >= 0.3 is 5.97 Å². The van der Waals surface area contributed by atoms with Gasteiger partial charge in [-0.25, -0.2) is 9.78 Å². The lowest BCUT2D eigenvalue weighted by Gasteiger charge is -2.29. The first-order valence-electron chi connectivity index (χ1n) is 10.9. The normalized spacial score (nSPS) is 13.6. The first-order valence-corrected chi connectivity index (χ1v) is 10.9. The number of rotatable bonds is 6. The number of carbonyl (C=O) groups is 2. The van der Waals surface area contributed by atoms with Crippen molar-refractivity contribution in [1.82, 2.24) is 15.3 Å². The van der Waals surface area contributed by atoms with Gasteiger partial charge in [0.15, 0.2) is 0 Å². The molecule has 170 valence electrons. The Balaban J connectivity index is 1.67. The van der Waals surface area contributed by atoms with Gasteiger partial charge in [0, 0.05) is 55.6 Å². The van der Waals surface area contributed by atoms with E-state index < -0.39 is 5.91 Å². The lowest BCUT2D eigenvalue weighted by Crippen LogP contribution is -2.44. The van der Waals surface area contributed by atoms with E-state index in [1.165, 1.54) is 7.11 Å². The van der Waals surface area contributed by atoms with E-state index in [2.05, 4.69) is 15.2 Å². The summed E-state index contributed by atoms with van der Waals surface area (Å²) in [6.45, 7) is 5.25. The molecule has 4 rings (SSSR count). The predicted molar refractivity (Wildman–Crippen MR) is 126 cm³/mol. The van der Waals surface area contributed by atoms with Crippen molar-refractivity contribution in [3.8, 4) is 11.3 Å². The van der Waals surface area contributed by atoms with Gasteiger partial charge in [-0.05, 0) is 48.4 Å². The standard InChI is InChI=1S/C25H27N5O3/c1-16-17(4-3-5-21(16)25(32)33-2)12-20-13-18(6-7-28-20)22-14-19(24(26)31)15-23(29-22)30-10-8-27-9-11-30/h3-7,13-15,27H,8-12H2,1-2H3,(H2,26,31). The van der Waals surface area contributed by atoms with E-state index in [0.717, 1.165) is 54.4 Å². The van der Waals surface area contributed by atoms with E-state index in [1.807, 2.05) is 31.2 Å². The monoisotopic (exact) mass is 445 g/mol. The molecule has 1 aromatic carbocycles. The molecular weight excluding hydrogens is 418 g/mol. The van der Waals surface area contributed by atoms with Crippen molar-refractivity contribution in [2.24, 2.45) is 5.73 Å². The van der Waals surface area contributed by atoms with Crippen LogP contribution in [0.2, 0.25) is 0 Å². The maximum Gasteiger partial charge on any atom is 0.338 e. The van der Waals surface area contributed by atoms with Crippen LogP contribution in [0.5, 0.6) is 0 Å². The number of nitrogens with one attached hydrogen (secondary N) is 1. The second-order valence-electron chi connectivity index (χ2n) is 7.99. The number of anilines is 1. The Morgan fingerprint density at radius 3 is 2.67 bits per heavy atom. The van der Waals surface area contributed by atoms with E-state index >= 15 is 0 Å².